The van der Waals surface area contributed by atoms with E-state index in [9.17, 15) is 8.42 Å². The van der Waals surface area contributed by atoms with Gasteiger partial charge >= 0.3 is 0 Å². The lowest BCUT2D eigenvalue weighted by Crippen LogP contribution is -2.21. The molecule has 27 heavy (non-hydrogen) atoms. The minimum Gasteiger partial charge on any atom is -0.200 e. The second kappa shape index (κ2) is 8.50. The summed E-state index contributed by atoms with van der Waals surface area (Å²) in [4.78, 5) is 2.56. The van der Waals surface area contributed by atoms with E-state index in [1.165, 1.54) is 0 Å². The van der Waals surface area contributed by atoms with Gasteiger partial charge in [0.1, 0.15) is 0 Å². The molecular formula is C21H19BrN2O2S. The molecule has 0 saturated heterocycles. The average molecular weight is 443 g/mol. The Kier molecular flexibility index (Phi) is 6.08. The molecule has 4 nitrogen and oxygen atoms in total. The molecule has 6 heteroatoms. The summed E-state index contributed by atoms with van der Waals surface area (Å²) < 4.78 is 26.1. The van der Waals surface area contributed by atoms with Gasteiger partial charge in [-0.1, -0.05) is 76.1 Å². The van der Waals surface area contributed by atoms with Crippen molar-refractivity contribution in [1.82, 2.24) is 4.83 Å². The summed E-state index contributed by atoms with van der Waals surface area (Å²) in [5, 5.41) is 4.25. The van der Waals surface area contributed by atoms with Crippen molar-refractivity contribution in [3.05, 3.63) is 100 Å². The highest BCUT2D eigenvalue weighted by atomic mass is 79.9. The highest BCUT2D eigenvalue weighted by Crippen LogP contribution is 2.15. The molecule has 0 spiro atoms. The number of hydrogen-bond acceptors (Lipinski definition) is 3. The van der Waals surface area contributed by atoms with Gasteiger partial charge in [-0.25, -0.2) is 0 Å². The normalized spacial score (nSPS) is 12.0. The fourth-order valence-electron chi connectivity index (χ4n) is 2.52. The number of rotatable bonds is 6. The number of nitrogens with zero attached hydrogens (tertiary/aromatic N) is 1. The Morgan fingerprint density at radius 1 is 0.926 bits per heavy atom. The van der Waals surface area contributed by atoms with Gasteiger partial charge in [0.25, 0.3) is 10.0 Å². The van der Waals surface area contributed by atoms with E-state index in [0.717, 1.165) is 21.2 Å². The van der Waals surface area contributed by atoms with E-state index in [1.807, 2.05) is 61.5 Å². The number of nitrogens with one attached hydrogen (secondary N) is 1. The molecule has 0 atom stereocenters. The smallest absolute Gasteiger partial charge is 0.200 e. The van der Waals surface area contributed by atoms with E-state index in [0.29, 0.717) is 12.1 Å². The molecule has 138 valence electrons. The predicted octanol–water partition coefficient (Wildman–Crippen LogP) is 4.68. The Labute approximate surface area is 168 Å². The SMILES string of the molecule is Cc1ccc(S(=O)(=O)NN=C(Cc2ccccc2)c2ccc(Br)cc2)cc1. The first-order valence-electron chi connectivity index (χ1n) is 8.39. The maximum Gasteiger partial charge on any atom is 0.276 e. The van der Waals surface area contributed by atoms with E-state index in [-0.39, 0.29) is 4.90 Å². The van der Waals surface area contributed by atoms with E-state index >= 15 is 0 Å². The lowest BCUT2D eigenvalue weighted by molar-refractivity contribution is 0.584. The highest BCUT2D eigenvalue weighted by molar-refractivity contribution is 9.10. The minimum atomic E-state index is -3.73. The Balaban J connectivity index is 1.91. The summed E-state index contributed by atoms with van der Waals surface area (Å²) in [5.41, 5.74) is 3.55. The van der Waals surface area contributed by atoms with Crippen LogP contribution in [-0.4, -0.2) is 14.1 Å². The van der Waals surface area contributed by atoms with Crippen molar-refractivity contribution in [2.75, 3.05) is 0 Å². The molecule has 0 aliphatic heterocycles. The van der Waals surface area contributed by atoms with E-state index in [2.05, 4.69) is 25.9 Å². The number of halogens is 1. The summed E-state index contributed by atoms with van der Waals surface area (Å²) in [6.07, 6.45) is 0.513. The fraction of sp³-hybridized carbons (Fsp3) is 0.0952. The fourth-order valence-corrected chi connectivity index (χ4v) is 3.62. The molecule has 0 unspecified atom stereocenters. The molecule has 0 fully saturated rings. The van der Waals surface area contributed by atoms with Gasteiger partial charge in [-0.15, -0.1) is 0 Å². The van der Waals surface area contributed by atoms with Gasteiger partial charge in [-0.3, -0.25) is 0 Å². The second-order valence-electron chi connectivity index (χ2n) is 6.14. The van der Waals surface area contributed by atoms with Crippen LogP contribution in [0.25, 0.3) is 0 Å². The lowest BCUT2D eigenvalue weighted by atomic mass is 10.0. The van der Waals surface area contributed by atoms with Crippen LogP contribution < -0.4 is 4.83 Å². The van der Waals surface area contributed by atoms with Crippen LogP contribution in [0.5, 0.6) is 0 Å². The molecule has 0 amide bonds. The third-order valence-corrected chi connectivity index (χ3v) is 5.78. The van der Waals surface area contributed by atoms with Crippen LogP contribution >= 0.6 is 15.9 Å². The van der Waals surface area contributed by atoms with Crippen molar-refractivity contribution >= 4 is 31.7 Å². The van der Waals surface area contributed by atoms with Crippen molar-refractivity contribution in [2.45, 2.75) is 18.2 Å². The Morgan fingerprint density at radius 3 is 2.19 bits per heavy atom. The molecule has 0 aromatic heterocycles. The zero-order valence-electron chi connectivity index (χ0n) is 14.8. The van der Waals surface area contributed by atoms with Gasteiger partial charge in [-0.2, -0.15) is 18.4 Å². The average Bonchev–Trinajstić information content (AvgIpc) is 2.67. The summed E-state index contributed by atoms with van der Waals surface area (Å²) in [6.45, 7) is 1.91. The van der Waals surface area contributed by atoms with Crippen molar-refractivity contribution in [1.29, 1.82) is 0 Å². The second-order valence-corrected chi connectivity index (χ2v) is 8.71. The zero-order chi connectivity index (χ0) is 19.3. The summed E-state index contributed by atoms with van der Waals surface area (Å²) >= 11 is 3.42. The first-order valence-corrected chi connectivity index (χ1v) is 10.7. The molecule has 0 saturated carbocycles. The molecule has 3 rings (SSSR count). The highest BCUT2D eigenvalue weighted by Gasteiger charge is 2.14. The minimum absolute atomic E-state index is 0.187. The molecule has 3 aromatic carbocycles. The van der Waals surface area contributed by atoms with Crippen LogP contribution in [0.3, 0.4) is 0 Å². The lowest BCUT2D eigenvalue weighted by Gasteiger charge is -2.10. The molecule has 0 aliphatic rings. The van der Waals surface area contributed by atoms with Gasteiger partial charge in [-0.05, 0) is 42.3 Å². The van der Waals surface area contributed by atoms with E-state index < -0.39 is 10.0 Å². The Bertz CT molecular complexity index is 1030. The number of hydrazone groups is 1. The Morgan fingerprint density at radius 2 is 1.56 bits per heavy atom. The monoisotopic (exact) mass is 442 g/mol. The molecule has 3 aromatic rings. The first kappa shape index (κ1) is 19.3. The number of hydrogen-bond donors (Lipinski definition) is 1. The van der Waals surface area contributed by atoms with E-state index in [1.54, 1.807) is 24.3 Å². The maximum atomic E-state index is 12.6. The molecule has 0 radical (unpaired) electrons. The molecular weight excluding hydrogens is 424 g/mol. The van der Waals surface area contributed by atoms with Gasteiger partial charge in [0.05, 0.1) is 10.6 Å². The van der Waals surface area contributed by atoms with Gasteiger partial charge in [0, 0.05) is 10.9 Å². The van der Waals surface area contributed by atoms with Crippen molar-refractivity contribution in [3.8, 4) is 0 Å². The quantitative estimate of drug-likeness (QED) is 0.444. The molecule has 0 bridgehead atoms. The van der Waals surface area contributed by atoms with E-state index in [4.69, 9.17) is 0 Å². The van der Waals surface area contributed by atoms with Gasteiger partial charge < -0.3 is 0 Å². The van der Waals surface area contributed by atoms with Crippen molar-refractivity contribution < 1.29 is 8.42 Å². The van der Waals surface area contributed by atoms with Crippen LogP contribution in [0, 0.1) is 6.92 Å². The van der Waals surface area contributed by atoms with Crippen molar-refractivity contribution in [3.63, 3.8) is 0 Å². The molecule has 0 aliphatic carbocycles. The molecule has 0 heterocycles. The van der Waals surface area contributed by atoms with Crippen molar-refractivity contribution in [2.24, 2.45) is 5.10 Å². The standard InChI is InChI=1S/C21H19BrN2O2S/c1-16-7-13-20(14-8-16)27(25,26)24-23-21(15-17-5-3-2-4-6-17)18-9-11-19(22)12-10-18/h2-14,24H,15H2,1H3. The number of sulfonamides is 1. The largest absolute Gasteiger partial charge is 0.276 e. The van der Waals surface area contributed by atoms with Crippen LogP contribution in [0.1, 0.15) is 16.7 Å². The summed E-state index contributed by atoms with van der Waals surface area (Å²) in [7, 11) is -3.73. The summed E-state index contributed by atoms with van der Waals surface area (Å²) in [5.74, 6) is 0. The van der Waals surface area contributed by atoms with Crippen LogP contribution in [0.2, 0.25) is 0 Å². The maximum absolute atomic E-state index is 12.6. The van der Waals surface area contributed by atoms with Crippen LogP contribution in [0.4, 0.5) is 0 Å². The number of benzene rings is 3. The Hall–Kier alpha value is -2.44. The van der Waals surface area contributed by atoms with Crippen LogP contribution in [-0.2, 0) is 16.4 Å². The first-order chi connectivity index (χ1) is 12.9. The van der Waals surface area contributed by atoms with Gasteiger partial charge in [0.2, 0.25) is 0 Å². The number of aryl methyl sites for hydroxylation is 1. The third kappa shape index (κ3) is 5.28. The predicted molar refractivity (Wildman–Crippen MR) is 112 cm³/mol. The third-order valence-electron chi connectivity index (χ3n) is 4.02. The zero-order valence-corrected chi connectivity index (χ0v) is 17.2. The van der Waals surface area contributed by atoms with Gasteiger partial charge in [0.15, 0.2) is 0 Å². The topological polar surface area (TPSA) is 58.5 Å². The van der Waals surface area contributed by atoms with Crippen LogP contribution in [0.15, 0.2) is 93.3 Å². The summed E-state index contributed by atoms with van der Waals surface area (Å²) in [6, 6.07) is 24.1. The molecule has 1 N–H and O–H groups in total.